The molecular formula is C23H24F3N3O. The number of piperidine rings is 1. The van der Waals surface area contributed by atoms with Gasteiger partial charge >= 0.3 is 6.18 Å². The Morgan fingerprint density at radius 3 is 2.50 bits per heavy atom. The predicted octanol–water partition coefficient (Wildman–Crippen LogP) is 4.92. The molecule has 1 aliphatic carbocycles. The Hall–Kier alpha value is -2.83. The second kappa shape index (κ2) is 8.50. The Morgan fingerprint density at radius 1 is 1.13 bits per heavy atom. The number of nitrogens with zero attached hydrogens (tertiary/aromatic N) is 2. The van der Waals surface area contributed by atoms with E-state index >= 15 is 0 Å². The molecule has 2 fully saturated rings. The Morgan fingerprint density at radius 2 is 1.87 bits per heavy atom. The maximum atomic E-state index is 13.2. The van der Waals surface area contributed by atoms with Gasteiger partial charge in [-0.1, -0.05) is 29.8 Å². The zero-order chi connectivity index (χ0) is 21.1. The molecule has 1 amide bonds. The molecule has 7 heteroatoms. The Kier molecular flexibility index (Phi) is 5.79. The van der Waals surface area contributed by atoms with Crippen LogP contribution in [0.25, 0.3) is 6.08 Å². The van der Waals surface area contributed by atoms with Gasteiger partial charge in [-0.15, -0.1) is 0 Å². The highest BCUT2D eigenvalue weighted by Crippen LogP contribution is 2.34. The number of carbonyl (C=O) groups excluding carboxylic acids is 1. The second-order valence-corrected chi connectivity index (χ2v) is 7.93. The van der Waals surface area contributed by atoms with Crippen molar-refractivity contribution in [3.63, 3.8) is 0 Å². The van der Waals surface area contributed by atoms with E-state index in [4.69, 9.17) is 0 Å². The molecule has 1 aromatic heterocycles. The summed E-state index contributed by atoms with van der Waals surface area (Å²) in [5, 5.41) is 2.92. The van der Waals surface area contributed by atoms with Crippen LogP contribution in [0.3, 0.4) is 0 Å². The van der Waals surface area contributed by atoms with Crippen molar-refractivity contribution in [1.29, 1.82) is 0 Å². The molecule has 2 aromatic rings. The number of amides is 1. The molecule has 0 spiro atoms. The van der Waals surface area contributed by atoms with Crippen molar-refractivity contribution in [3.05, 3.63) is 64.9 Å². The summed E-state index contributed by atoms with van der Waals surface area (Å²) >= 11 is 0. The van der Waals surface area contributed by atoms with Crippen LogP contribution in [0, 0.1) is 5.92 Å². The number of hydrogen-bond acceptors (Lipinski definition) is 3. The molecule has 4 rings (SSSR count). The van der Waals surface area contributed by atoms with Crippen molar-refractivity contribution in [2.24, 2.45) is 5.92 Å². The first-order chi connectivity index (χ1) is 14.4. The SMILES string of the molecule is O=C(NCC1CC1)c1ccc(N2CCC(=Cc3ccccc3C(F)(F)F)CC2)nc1. The molecule has 2 heterocycles. The van der Waals surface area contributed by atoms with Crippen LogP contribution in [0.5, 0.6) is 0 Å². The van der Waals surface area contributed by atoms with E-state index in [0.717, 1.165) is 24.0 Å². The number of hydrogen-bond donors (Lipinski definition) is 1. The van der Waals surface area contributed by atoms with E-state index in [2.05, 4.69) is 15.2 Å². The molecule has 158 valence electrons. The molecule has 2 aliphatic rings. The number of pyridine rings is 1. The van der Waals surface area contributed by atoms with Crippen LogP contribution in [-0.4, -0.2) is 30.5 Å². The van der Waals surface area contributed by atoms with E-state index in [-0.39, 0.29) is 11.5 Å². The van der Waals surface area contributed by atoms with Crippen molar-refractivity contribution in [1.82, 2.24) is 10.3 Å². The third-order valence-corrected chi connectivity index (χ3v) is 5.61. The molecule has 1 saturated carbocycles. The molecule has 0 bridgehead atoms. The van der Waals surface area contributed by atoms with E-state index in [1.54, 1.807) is 24.4 Å². The summed E-state index contributed by atoms with van der Waals surface area (Å²) in [4.78, 5) is 18.6. The largest absolute Gasteiger partial charge is 0.416 e. The van der Waals surface area contributed by atoms with Crippen LogP contribution in [0.15, 0.2) is 48.2 Å². The predicted molar refractivity (Wildman–Crippen MR) is 110 cm³/mol. The van der Waals surface area contributed by atoms with Gasteiger partial charge in [0.2, 0.25) is 0 Å². The lowest BCUT2D eigenvalue weighted by molar-refractivity contribution is -0.137. The summed E-state index contributed by atoms with van der Waals surface area (Å²) in [6.45, 7) is 2.08. The van der Waals surface area contributed by atoms with Crippen LogP contribution < -0.4 is 10.2 Å². The van der Waals surface area contributed by atoms with Crippen LogP contribution in [0.4, 0.5) is 19.0 Å². The number of halogens is 3. The zero-order valence-electron chi connectivity index (χ0n) is 16.6. The maximum Gasteiger partial charge on any atom is 0.416 e. The third kappa shape index (κ3) is 5.01. The number of alkyl halides is 3. The lowest BCUT2D eigenvalue weighted by atomic mass is 9.98. The fourth-order valence-corrected chi connectivity index (χ4v) is 3.64. The van der Waals surface area contributed by atoms with E-state index in [1.165, 1.54) is 25.0 Å². The maximum absolute atomic E-state index is 13.2. The summed E-state index contributed by atoms with van der Waals surface area (Å²) < 4.78 is 39.6. The van der Waals surface area contributed by atoms with Crippen molar-refractivity contribution < 1.29 is 18.0 Å². The van der Waals surface area contributed by atoms with Crippen molar-refractivity contribution in [3.8, 4) is 0 Å². The summed E-state index contributed by atoms with van der Waals surface area (Å²) in [6, 6.07) is 9.28. The van der Waals surface area contributed by atoms with E-state index in [9.17, 15) is 18.0 Å². The Balaban J connectivity index is 1.36. The number of carbonyl (C=O) groups is 1. The molecular weight excluding hydrogens is 391 g/mol. The standard InChI is InChI=1S/C23H24F3N3O/c24-23(25,26)20-4-2-1-3-18(20)13-16-9-11-29(12-10-16)21-8-7-19(15-27-21)22(30)28-14-17-5-6-17/h1-4,7-8,13,15,17H,5-6,9-12,14H2,(H,28,30). The zero-order valence-corrected chi connectivity index (χ0v) is 16.6. The minimum absolute atomic E-state index is 0.104. The van der Waals surface area contributed by atoms with Crippen molar-refractivity contribution >= 4 is 17.8 Å². The molecule has 0 atom stereocenters. The van der Waals surface area contributed by atoms with Crippen LogP contribution in [-0.2, 0) is 6.18 Å². The van der Waals surface area contributed by atoms with Gasteiger partial charge in [-0.2, -0.15) is 13.2 Å². The van der Waals surface area contributed by atoms with E-state index < -0.39 is 11.7 Å². The fraction of sp³-hybridized carbons (Fsp3) is 0.391. The molecule has 4 nitrogen and oxygen atoms in total. The smallest absolute Gasteiger partial charge is 0.356 e. The molecule has 0 radical (unpaired) electrons. The van der Waals surface area contributed by atoms with E-state index in [1.807, 2.05) is 6.07 Å². The first-order valence-electron chi connectivity index (χ1n) is 10.2. The number of benzene rings is 1. The lowest BCUT2D eigenvalue weighted by Crippen LogP contribution is -2.31. The van der Waals surface area contributed by atoms with Gasteiger partial charge in [0, 0.05) is 25.8 Å². The topological polar surface area (TPSA) is 45.2 Å². The molecule has 1 saturated heterocycles. The molecule has 1 aromatic carbocycles. The quantitative estimate of drug-likeness (QED) is 0.754. The summed E-state index contributed by atoms with van der Waals surface area (Å²) in [7, 11) is 0. The highest BCUT2D eigenvalue weighted by molar-refractivity contribution is 5.94. The van der Waals surface area contributed by atoms with Gasteiger partial charge in [0.1, 0.15) is 5.82 Å². The molecule has 1 aliphatic heterocycles. The van der Waals surface area contributed by atoms with Gasteiger partial charge in [0.25, 0.3) is 5.91 Å². The normalized spacial score (nSPS) is 17.0. The van der Waals surface area contributed by atoms with Crippen molar-refractivity contribution in [2.45, 2.75) is 31.9 Å². The Bertz CT molecular complexity index is 923. The number of nitrogens with one attached hydrogen (secondary N) is 1. The monoisotopic (exact) mass is 415 g/mol. The summed E-state index contributed by atoms with van der Waals surface area (Å²) in [6.07, 6.45) is 2.62. The van der Waals surface area contributed by atoms with Crippen LogP contribution in [0.1, 0.15) is 47.2 Å². The van der Waals surface area contributed by atoms with Gasteiger partial charge in [0.05, 0.1) is 11.1 Å². The minimum Gasteiger partial charge on any atom is -0.356 e. The van der Waals surface area contributed by atoms with Gasteiger partial charge in [0.15, 0.2) is 0 Å². The Labute approximate surface area is 173 Å². The second-order valence-electron chi connectivity index (χ2n) is 7.93. The van der Waals surface area contributed by atoms with Crippen LogP contribution >= 0.6 is 0 Å². The highest BCUT2D eigenvalue weighted by Gasteiger charge is 2.32. The third-order valence-electron chi connectivity index (χ3n) is 5.61. The average Bonchev–Trinajstić information content (AvgIpc) is 3.57. The van der Waals surface area contributed by atoms with Gasteiger partial charge in [-0.25, -0.2) is 4.98 Å². The van der Waals surface area contributed by atoms with Crippen molar-refractivity contribution in [2.75, 3.05) is 24.5 Å². The van der Waals surface area contributed by atoms with E-state index in [0.29, 0.717) is 37.4 Å². The highest BCUT2D eigenvalue weighted by atomic mass is 19.4. The van der Waals surface area contributed by atoms with Gasteiger partial charge in [-0.05, 0) is 55.4 Å². The first-order valence-corrected chi connectivity index (χ1v) is 10.2. The minimum atomic E-state index is -4.36. The van der Waals surface area contributed by atoms with Gasteiger partial charge < -0.3 is 10.2 Å². The number of anilines is 1. The molecule has 30 heavy (non-hydrogen) atoms. The summed E-state index contributed by atoms with van der Waals surface area (Å²) in [5.74, 6) is 1.30. The molecule has 0 unspecified atom stereocenters. The fourth-order valence-electron chi connectivity index (χ4n) is 3.64. The molecule has 1 N–H and O–H groups in total. The first kappa shape index (κ1) is 20.4. The number of aromatic nitrogens is 1. The number of rotatable bonds is 5. The average molecular weight is 415 g/mol. The summed E-state index contributed by atoms with van der Waals surface area (Å²) in [5.41, 5.74) is 1.16. The van der Waals surface area contributed by atoms with Gasteiger partial charge in [-0.3, -0.25) is 4.79 Å². The van der Waals surface area contributed by atoms with Crippen LogP contribution in [0.2, 0.25) is 0 Å². The lowest BCUT2D eigenvalue weighted by Gasteiger charge is -2.29.